The minimum atomic E-state index is -0.182. The third kappa shape index (κ3) is 4.98. The molecule has 33 heavy (non-hydrogen) atoms. The number of hydrogen-bond acceptors (Lipinski definition) is 5. The fourth-order valence-corrected chi connectivity index (χ4v) is 4.84. The summed E-state index contributed by atoms with van der Waals surface area (Å²) < 4.78 is 19.7. The number of carbonyl (C=O) groups excluding carboxylic acids is 1. The third-order valence-corrected chi connectivity index (χ3v) is 6.22. The zero-order chi connectivity index (χ0) is 23.7. The number of nitrogens with zero attached hydrogens (tertiary/aromatic N) is 4. The zero-order valence-corrected chi connectivity index (χ0v) is 19.9. The second-order valence-electron chi connectivity index (χ2n) is 9.46. The van der Waals surface area contributed by atoms with E-state index in [9.17, 15) is 9.18 Å². The molecule has 0 unspecified atom stereocenters. The number of halogens is 1. The van der Waals surface area contributed by atoms with Crippen LogP contribution in [0, 0.1) is 31.5 Å². The van der Waals surface area contributed by atoms with Gasteiger partial charge in [-0.05, 0) is 81.6 Å². The summed E-state index contributed by atoms with van der Waals surface area (Å²) in [4.78, 5) is 21.5. The fourth-order valence-electron chi connectivity index (χ4n) is 4.84. The Morgan fingerprint density at radius 3 is 2.55 bits per heavy atom. The molecule has 174 valence electrons. The van der Waals surface area contributed by atoms with Crippen molar-refractivity contribution in [1.29, 1.82) is 0 Å². The minimum Gasteiger partial charge on any atom is -0.334 e. The van der Waals surface area contributed by atoms with Gasteiger partial charge in [-0.25, -0.2) is 4.39 Å². The van der Waals surface area contributed by atoms with E-state index in [2.05, 4.69) is 10.1 Å². The molecule has 1 amide bonds. The lowest BCUT2D eigenvalue weighted by molar-refractivity contribution is -0.124. The lowest BCUT2D eigenvalue weighted by Crippen LogP contribution is -2.46. The van der Waals surface area contributed by atoms with Crippen molar-refractivity contribution in [3.05, 3.63) is 64.7 Å². The summed E-state index contributed by atoms with van der Waals surface area (Å²) in [6.07, 6.45) is 1.38. The molecule has 1 saturated heterocycles. The number of carbonyl (C=O) groups is 1. The first-order valence-electron chi connectivity index (χ1n) is 11.4. The molecule has 7 heteroatoms. The first kappa shape index (κ1) is 23.1. The number of anilines is 1. The number of hydrogen-bond donors (Lipinski definition) is 0. The molecule has 2 heterocycles. The van der Waals surface area contributed by atoms with E-state index >= 15 is 0 Å². The Labute approximate surface area is 194 Å². The molecule has 1 aliphatic heterocycles. The number of rotatable bonds is 6. The molecule has 0 saturated carbocycles. The van der Waals surface area contributed by atoms with Crippen molar-refractivity contribution in [3.8, 4) is 11.5 Å². The van der Waals surface area contributed by atoms with Crippen LogP contribution in [-0.4, -0.2) is 41.6 Å². The van der Waals surface area contributed by atoms with E-state index in [-0.39, 0.29) is 23.6 Å². The molecule has 0 spiro atoms. The highest BCUT2D eigenvalue weighted by Gasteiger charge is 2.34. The van der Waals surface area contributed by atoms with Gasteiger partial charge < -0.3 is 14.3 Å². The van der Waals surface area contributed by atoms with Crippen molar-refractivity contribution in [3.63, 3.8) is 0 Å². The molecule has 2 atom stereocenters. The summed E-state index contributed by atoms with van der Waals surface area (Å²) in [5, 5.41) is 4.06. The van der Waals surface area contributed by atoms with E-state index in [1.165, 1.54) is 6.07 Å². The fraction of sp³-hybridized carbons (Fsp3) is 0.423. The predicted octanol–water partition coefficient (Wildman–Crippen LogP) is 4.79. The number of amides is 1. The number of aryl methyl sites for hydroxylation is 2. The molecule has 0 bridgehead atoms. The maximum Gasteiger partial charge on any atom is 0.257 e. The highest BCUT2D eigenvalue weighted by atomic mass is 19.1. The molecule has 0 aliphatic carbocycles. The van der Waals surface area contributed by atoms with Crippen LogP contribution in [0.3, 0.4) is 0 Å². The van der Waals surface area contributed by atoms with Gasteiger partial charge in [0.15, 0.2) is 5.82 Å². The Morgan fingerprint density at radius 2 is 1.88 bits per heavy atom. The molecule has 1 fully saturated rings. The Bertz CT molecular complexity index is 1130. The molecular weight excluding hydrogens is 419 g/mol. The summed E-state index contributed by atoms with van der Waals surface area (Å²) in [6.45, 7) is 7.14. The van der Waals surface area contributed by atoms with Gasteiger partial charge in [-0.3, -0.25) is 4.79 Å². The summed E-state index contributed by atoms with van der Waals surface area (Å²) in [5.74, 6) is 1.12. The average molecular weight is 451 g/mol. The second-order valence-corrected chi connectivity index (χ2v) is 9.46. The Hall–Kier alpha value is -3.06. The molecule has 1 aromatic heterocycles. The van der Waals surface area contributed by atoms with Gasteiger partial charge in [-0.2, -0.15) is 4.98 Å². The maximum absolute atomic E-state index is 14.2. The summed E-state index contributed by atoms with van der Waals surface area (Å²) in [6, 6.07) is 10.9. The number of piperidine rings is 1. The van der Waals surface area contributed by atoms with Gasteiger partial charge in [0, 0.05) is 23.7 Å². The van der Waals surface area contributed by atoms with E-state index in [0.717, 1.165) is 28.8 Å². The molecule has 0 radical (unpaired) electrons. The van der Waals surface area contributed by atoms with Crippen LogP contribution < -0.4 is 4.90 Å². The lowest BCUT2D eigenvalue weighted by Gasteiger charge is -2.38. The molecule has 6 nitrogen and oxygen atoms in total. The average Bonchev–Trinajstić information content (AvgIpc) is 3.20. The van der Waals surface area contributed by atoms with E-state index in [1.54, 1.807) is 6.07 Å². The largest absolute Gasteiger partial charge is 0.334 e. The zero-order valence-electron chi connectivity index (χ0n) is 19.9. The molecule has 1 aliphatic rings. The third-order valence-electron chi connectivity index (χ3n) is 6.22. The van der Waals surface area contributed by atoms with Gasteiger partial charge in [0.25, 0.3) is 5.89 Å². The van der Waals surface area contributed by atoms with Crippen LogP contribution in [-0.2, 0) is 17.8 Å². The van der Waals surface area contributed by atoms with Crippen LogP contribution in [0.1, 0.15) is 35.9 Å². The van der Waals surface area contributed by atoms with Crippen molar-refractivity contribution in [2.75, 3.05) is 25.5 Å². The maximum atomic E-state index is 14.2. The lowest BCUT2D eigenvalue weighted by atomic mass is 9.84. The molecule has 2 aromatic carbocycles. The van der Waals surface area contributed by atoms with Crippen molar-refractivity contribution in [2.45, 2.75) is 40.2 Å². The molecule has 0 N–H and O–H groups in total. The molecular formula is C26H31FN4O2. The van der Waals surface area contributed by atoms with Gasteiger partial charge in [0.1, 0.15) is 5.82 Å². The monoisotopic (exact) mass is 450 g/mol. The van der Waals surface area contributed by atoms with E-state index in [4.69, 9.17) is 4.52 Å². The predicted molar refractivity (Wildman–Crippen MR) is 126 cm³/mol. The Balaban J connectivity index is 1.60. The van der Waals surface area contributed by atoms with Crippen LogP contribution >= 0.6 is 0 Å². The standard InChI is InChI=1S/C26H31FN4O2/c1-16-11-21(25-28-23(29-33-25)15-30(4)5)12-17(2)24(16)31-14-19(10-18(3)26(31)32)13-20-8-6-7-9-22(20)27/h6-9,11-12,18-19H,10,13-15H2,1-5H3/t18-,19-/m1/s1. The Kier molecular flexibility index (Phi) is 6.61. The molecule has 3 aromatic rings. The second kappa shape index (κ2) is 9.43. The van der Waals surface area contributed by atoms with Crippen LogP contribution in [0.15, 0.2) is 40.9 Å². The van der Waals surface area contributed by atoms with Crippen molar-refractivity contribution in [1.82, 2.24) is 15.0 Å². The van der Waals surface area contributed by atoms with Crippen LogP contribution in [0.5, 0.6) is 0 Å². The van der Waals surface area contributed by atoms with Gasteiger partial charge >= 0.3 is 0 Å². The van der Waals surface area contributed by atoms with Gasteiger partial charge in [0.05, 0.1) is 6.54 Å². The van der Waals surface area contributed by atoms with Gasteiger partial charge in [-0.1, -0.05) is 30.3 Å². The summed E-state index contributed by atoms with van der Waals surface area (Å²) in [7, 11) is 3.91. The van der Waals surface area contributed by atoms with E-state index in [0.29, 0.717) is 36.8 Å². The van der Waals surface area contributed by atoms with Crippen molar-refractivity contribution < 1.29 is 13.7 Å². The molecule has 4 rings (SSSR count). The summed E-state index contributed by atoms with van der Waals surface area (Å²) in [5.41, 5.74) is 4.42. The van der Waals surface area contributed by atoms with Crippen molar-refractivity contribution in [2.24, 2.45) is 11.8 Å². The van der Waals surface area contributed by atoms with Gasteiger partial charge in [-0.15, -0.1) is 0 Å². The first-order chi connectivity index (χ1) is 15.7. The Morgan fingerprint density at radius 1 is 1.18 bits per heavy atom. The highest BCUT2D eigenvalue weighted by molar-refractivity contribution is 5.97. The quantitative estimate of drug-likeness (QED) is 0.541. The topological polar surface area (TPSA) is 62.5 Å². The van der Waals surface area contributed by atoms with E-state index in [1.807, 2.05) is 68.9 Å². The first-order valence-corrected chi connectivity index (χ1v) is 11.4. The minimum absolute atomic E-state index is 0.112. The SMILES string of the molecule is Cc1cc(-c2nc(CN(C)C)no2)cc(C)c1N1C[C@@H](Cc2ccccc2F)C[C@@H](C)C1=O. The van der Waals surface area contributed by atoms with Crippen LogP contribution in [0.4, 0.5) is 10.1 Å². The smallest absolute Gasteiger partial charge is 0.257 e. The van der Waals surface area contributed by atoms with Crippen LogP contribution in [0.25, 0.3) is 11.5 Å². The summed E-state index contributed by atoms with van der Waals surface area (Å²) >= 11 is 0. The normalized spacial score (nSPS) is 18.9. The number of aromatic nitrogens is 2. The van der Waals surface area contributed by atoms with Crippen molar-refractivity contribution >= 4 is 11.6 Å². The highest BCUT2D eigenvalue weighted by Crippen LogP contribution is 2.36. The van der Waals surface area contributed by atoms with E-state index < -0.39 is 0 Å². The van der Waals surface area contributed by atoms with Crippen LogP contribution in [0.2, 0.25) is 0 Å². The van der Waals surface area contributed by atoms with Gasteiger partial charge in [0.2, 0.25) is 5.91 Å². The number of benzene rings is 2.